The summed E-state index contributed by atoms with van der Waals surface area (Å²) in [6.45, 7) is 1.79. The molecule has 0 saturated heterocycles. The van der Waals surface area contributed by atoms with Gasteiger partial charge < -0.3 is 5.32 Å². The lowest BCUT2D eigenvalue weighted by molar-refractivity contribution is -0.111. The number of benzene rings is 2. The average molecular weight is 368 g/mol. The molecule has 6 heteroatoms. The Morgan fingerprint density at radius 1 is 1.08 bits per heavy atom. The Morgan fingerprint density at radius 3 is 2.42 bits per heavy atom. The highest BCUT2D eigenvalue weighted by Gasteiger charge is 2.17. The van der Waals surface area contributed by atoms with E-state index in [0.717, 1.165) is 11.3 Å². The first-order valence-electron chi connectivity index (χ1n) is 8.06. The van der Waals surface area contributed by atoms with Crippen molar-refractivity contribution >= 4 is 29.3 Å². The Morgan fingerprint density at radius 2 is 1.73 bits per heavy atom. The van der Waals surface area contributed by atoms with Gasteiger partial charge in [0.1, 0.15) is 5.69 Å². The number of amides is 1. The quantitative estimate of drug-likeness (QED) is 0.713. The minimum atomic E-state index is -0.393. The number of hydrogen-bond donors (Lipinski definition) is 1. The molecule has 3 rings (SSSR count). The van der Waals surface area contributed by atoms with E-state index >= 15 is 0 Å². The zero-order valence-corrected chi connectivity index (χ0v) is 15.2. The molecule has 0 atom stereocenters. The number of hydrogen-bond acceptors (Lipinski definition) is 2. The molecule has 2 aromatic carbocycles. The molecule has 0 radical (unpaired) electrons. The normalized spacial score (nSPS) is 11.0. The molecule has 1 heterocycles. The van der Waals surface area contributed by atoms with Crippen molar-refractivity contribution in [2.24, 2.45) is 7.05 Å². The summed E-state index contributed by atoms with van der Waals surface area (Å²) in [7, 11) is 1.78. The Hall–Kier alpha value is -3.05. The number of carbonyl (C=O) groups is 1. The van der Waals surface area contributed by atoms with Gasteiger partial charge in [0, 0.05) is 18.1 Å². The van der Waals surface area contributed by atoms with Crippen LogP contribution in [0.1, 0.15) is 11.3 Å². The summed E-state index contributed by atoms with van der Waals surface area (Å²) in [6.07, 6.45) is 2.98. The van der Waals surface area contributed by atoms with Crippen molar-refractivity contribution in [3.8, 4) is 5.69 Å². The lowest BCUT2D eigenvalue weighted by Crippen LogP contribution is -2.22. The van der Waals surface area contributed by atoms with Gasteiger partial charge in [0.15, 0.2) is 0 Å². The SMILES string of the molecule is Cc1c(NC(=O)/C=C/c2ccccc2Cl)c(=O)n(-c2ccccc2)n1C. The van der Waals surface area contributed by atoms with Crippen LogP contribution in [0.4, 0.5) is 5.69 Å². The number of carbonyl (C=O) groups excluding carboxylic acids is 1. The molecule has 0 unspecified atom stereocenters. The van der Waals surface area contributed by atoms with E-state index in [9.17, 15) is 9.59 Å². The summed E-state index contributed by atoms with van der Waals surface area (Å²) < 4.78 is 3.23. The third-order valence-electron chi connectivity index (χ3n) is 4.12. The Kier molecular flexibility index (Phi) is 5.09. The number of nitrogens with one attached hydrogen (secondary N) is 1. The molecule has 0 bridgehead atoms. The van der Waals surface area contributed by atoms with E-state index in [2.05, 4.69) is 5.32 Å². The number of anilines is 1. The van der Waals surface area contributed by atoms with Gasteiger partial charge in [-0.2, -0.15) is 0 Å². The van der Waals surface area contributed by atoms with Gasteiger partial charge in [0.25, 0.3) is 5.56 Å². The topological polar surface area (TPSA) is 56.0 Å². The molecular formula is C20H18ClN3O2. The van der Waals surface area contributed by atoms with Gasteiger partial charge in [-0.3, -0.25) is 14.3 Å². The molecule has 0 fully saturated rings. The molecule has 0 saturated carbocycles. The summed E-state index contributed by atoms with van der Waals surface area (Å²) in [4.78, 5) is 25.0. The fraction of sp³-hybridized carbons (Fsp3) is 0.100. The van der Waals surface area contributed by atoms with Gasteiger partial charge in [-0.05, 0) is 36.8 Å². The van der Waals surface area contributed by atoms with Crippen LogP contribution in [0.2, 0.25) is 5.02 Å². The molecule has 1 aromatic heterocycles. The summed E-state index contributed by atoms with van der Waals surface area (Å²) in [5.41, 5.74) is 2.10. The van der Waals surface area contributed by atoms with Crippen LogP contribution in [-0.2, 0) is 11.8 Å². The number of halogens is 1. The van der Waals surface area contributed by atoms with Crippen LogP contribution < -0.4 is 10.9 Å². The predicted octanol–water partition coefficient (Wildman–Crippen LogP) is 3.79. The minimum Gasteiger partial charge on any atom is -0.316 e. The van der Waals surface area contributed by atoms with Crippen molar-refractivity contribution in [1.82, 2.24) is 9.36 Å². The largest absolute Gasteiger partial charge is 0.316 e. The van der Waals surface area contributed by atoms with Crippen LogP contribution in [0.25, 0.3) is 11.8 Å². The second-order valence-electron chi connectivity index (χ2n) is 5.78. The minimum absolute atomic E-state index is 0.255. The first kappa shape index (κ1) is 17.8. The number of rotatable bonds is 4. The molecule has 1 N–H and O–H groups in total. The van der Waals surface area contributed by atoms with E-state index < -0.39 is 5.91 Å². The van der Waals surface area contributed by atoms with Crippen LogP contribution in [0, 0.1) is 6.92 Å². The van der Waals surface area contributed by atoms with Gasteiger partial charge in [-0.25, -0.2) is 4.68 Å². The Bertz CT molecular complexity index is 1030. The molecule has 5 nitrogen and oxygen atoms in total. The van der Waals surface area contributed by atoms with Crippen LogP contribution in [-0.4, -0.2) is 15.3 Å². The molecule has 0 aliphatic heterocycles. The maximum atomic E-state index is 12.8. The molecule has 0 spiro atoms. The molecule has 1 amide bonds. The van der Waals surface area contributed by atoms with Crippen LogP contribution in [0.5, 0.6) is 0 Å². The van der Waals surface area contributed by atoms with Gasteiger partial charge >= 0.3 is 0 Å². The first-order chi connectivity index (χ1) is 12.5. The van der Waals surface area contributed by atoms with Crippen molar-refractivity contribution in [3.63, 3.8) is 0 Å². The van der Waals surface area contributed by atoms with E-state index in [1.54, 1.807) is 30.8 Å². The maximum absolute atomic E-state index is 12.8. The smallest absolute Gasteiger partial charge is 0.295 e. The fourth-order valence-electron chi connectivity index (χ4n) is 2.65. The first-order valence-corrected chi connectivity index (χ1v) is 8.44. The standard InChI is InChI=1S/C20H18ClN3O2/c1-14-19(20(26)24(23(14)2)16-9-4-3-5-10-16)22-18(25)13-12-15-8-6-7-11-17(15)21/h3-13H,1-2H3,(H,22,25)/b13-12+. The second-order valence-corrected chi connectivity index (χ2v) is 6.19. The Labute approximate surface area is 156 Å². The molecular weight excluding hydrogens is 350 g/mol. The highest BCUT2D eigenvalue weighted by molar-refractivity contribution is 6.32. The van der Waals surface area contributed by atoms with Crippen LogP contribution >= 0.6 is 11.6 Å². The highest BCUT2D eigenvalue weighted by atomic mass is 35.5. The number of para-hydroxylation sites is 1. The summed E-state index contributed by atoms with van der Waals surface area (Å²) >= 11 is 6.07. The summed E-state index contributed by atoms with van der Waals surface area (Å²) in [6, 6.07) is 16.5. The average Bonchev–Trinajstić information content (AvgIpc) is 2.85. The van der Waals surface area contributed by atoms with E-state index in [1.807, 2.05) is 48.5 Å². The third-order valence-corrected chi connectivity index (χ3v) is 4.47. The molecule has 0 aliphatic rings. The van der Waals surface area contributed by atoms with E-state index in [4.69, 9.17) is 11.6 Å². The van der Waals surface area contributed by atoms with Crippen LogP contribution in [0.15, 0.2) is 65.5 Å². The maximum Gasteiger partial charge on any atom is 0.295 e. The zero-order valence-electron chi connectivity index (χ0n) is 14.4. The Balaban J connectivity index is 1.88. The summed E-state index contributed by atoms with van der Waals surface area (Å²) in [5, 5.41) is 3.23. The van der Waals surface area contributed by atoms with Gasteiger partial charge in [0.2, 0.25) is 5.91 Å². The van der Waals surface area contributed by atoms with Gasteiger partial charge in [-0.1, -0.05) is 48.0 Å². The van der Waals surface area contributed by atoms with Gasteiger partial charge in [0.05, 0.1) is 11.4 Å². The lowest BCUT2D eigenvalue weighted by atomic mass is 10.2. The van der Waals surface area contributed by atoms with Crippen molar-refractivity contribution < 1.29 is 4.79 Å². The zero-order chi connectivity index (χ0) is 18.7. The molecule has 0 aliphatic carbocycles. The fourth-order valence-corrected chi connectivity index (χ4v) is 2.85. The van der Waals surface area contributed by atoms with Crippen molar-refractivity contribution in [2.45, 2.75) is 6.92 Å². The van der Waals surface area contributed by atoms with E-state index in [1.165, 1.54) is 10.8 Å². The monoisotopic (exact) mass is 367 g/mol. The highest BCUT2D eigenvalue weighted by Crippen LogP contribution is 2.17. The van der Waals surface area contributed by atoms with E-state index in [0.29, 0.717) is 10.7 Å². The van der Waals surface area contributed by atoms with Gasteiger partial charge in [-0.15, -0.1) is 0 Å². The molecule has 132 valence electrons. The summed E-state index contributed by atoms with van der Waals surface area (Å²) in [5.74, 6) is -0.393. The second kappa shape index (κ2) is 7.45. The van der Waals surface area contributed by atoms with Crippen molar-refractivity contribution in [2.75, 3.05) is 5.32 Å². The molecule has 26 heavy (non-hydrogen) atoms. The van der Waals surface area contributed by atoms with Crippen LogP contribution in [0.3, 0.4) is 0 Å². The van der Waals surface area contributed by atoms with Crippen molar-refractivity contribution in [1.29, 1.82) is 0 Å². The molecule has 3 aromatic rings. The van der Waals surface area contributed by atoms with E-state index in [-0.39, 0.29) is 11.2 Å². The third kappa shape index (κ3) is 3.48. The predicted molar refractivity (Wildman–Crippen MR) is 105 cm³/mol. The lowest BCUT2D eigenvalue weighted by Gasteiger charge is -2.07. The van der Waals surface area contributed by atoms with Crippen molar-refractivity contribution in [3.05, 3.63) is 87.3 Å². The number of aromatic nitrogens is 2. The number of nitrogens with zero attached hydrogens (tertiary/aromatic N) is 2.